The summed E-state index contributed by atoms with van der Waals surface area (Å²) >= 11 is 1.37. The molecule has 0 saturated carbocycles. The number of nitrogens with zero attached hydrogens (tertiary/aromatic N) is 3. The Labute approximate surface area is 173 Å². The minimum absolute atomic E-state index is 0.0118. The number of carbonyl (C=O) groups excluding carboxylic acids is 1. The summed E-state index contributed by atoms with van der Waals surface area (Å²) in [6, 6.07) is 27.0. The molecule has 0 unspecified atom stereocenters. The lowest BCUT2D eigenvalue weighted by Gasteiger charge is -2.10. The van der Waals surface area contributed by atoms with Gasteiger partial charge in [0.05, 0.1) is 12.9 Å². The van der Waals surface area contributed by atoms with Crippen LogP contribution in [-0.4, -0.2) is 33.4 Å². The second kappa shape index (κ2) is 8.75. The Balaban J connectivity index is 1.64. The van der Waals surface area contributed by atoms with Gasteiger partial charge in [-0.2, -0.15) is 0 Å². The quantitative estimate of drug-likeness (QED) is 0.325. The van der Waals surface area contributed by atoms with E-state index in [-0.39, 0.29) is 11.5 Å². The average molecular weight is 401 g/mol. The van der Waals surface area contributed by atoms with Gasteiger partial charge >= 0.3 is 0 Å². The monoisotopic (exact) mass is 401 g/mol. The normalized spacial score (nSPS) is 10.7. The van der Waals surface area contributed by atoms with Crippen molar-refractivity contribution in [3.63, 3.8) is 0 Å². The number of ether oxygens (including phenoxy) is 1. The molecule has 0 amide bonds. The van der Waals surface area contributed by atoms with Crippen LogP contribution < -0.4 is 4.74 Å². The van der Waals surface area contributed by atoms with Gasteiger partial charge in [-0.05, 0) is 24.3 Å². The van der Waals surface area contributed by atoms with Crippen LogP contribution >= 0.6 is 11.8 Å². The van der Waals surface area contributed by atoms with Crippen LogP contribution in [0, 0.1) is 0 Å². The maximum absolute atomic E-state index is 12.7. The van der Waals surface area contributed by atoms with E-state index in [0.717, 1.165) is 17.1 Å². The molecule has 0 radical (unpaired) electrons. The van der Waals surface area contributed by atoms with E-state index in [1.807, 2.05) is 77.4 Å². The number of para-hydroxylation sites is 1. The Kier molecular flexibility index (Phi) is 5.72. The van der Waals surface area contributed by atoms with Crippen molar-refractivity contribution in [3.05, 3.63) is 90.5 Å². The van der Waals surface area contributed by atoms with Crippen molar-refractivity contribution in [3.8, 4) is 22.8 Å². The highest BCUT2D eigenvalue weighted by atomic mass is 32.2. The molecule has 1 aromatic heterocycles. The van der Waals surface area contributed by atoms with Gasteiger partial charge in [-0.15, -0.1) is 10.2 Å². The molecule has 0 aliphatic carbocycles. The van der Waals surface area contributed by atoms with Crippen molar-refractivity contribution in [2.45, 2.75) is 5.16 Å². The van der Waals surface area contributed by atoms with Crippen molar-refractivity contribution in [1.82, 2.24) is 14.8 Å². The van der Waals surface area contributed by atoms with E-state index in [0.29, 0.717) is 16.5 Å². The van der Waals surface area contributed by atoms with Gasteiger partial charge in [0.1, 0.15) is 5.75 Å². The summed E-state index contributed by atoms with van der Waals surface area (Å²) in [5.41, 5.74) is 2.54. The van der Waals surface area contributed by atoms with Crippen LogP contribution in [0.5, 0.6) is 5.75 Å². The maximum atomic E-state index is 12.7. The molecule has 3 aromatic carbocycles. The lowest BCUT2D eigenvalue weighted by molar-refractivity contribution is 0.102. The number of thioether (sulfide) groups is 1. The number of carbonyl (C=O) groups is 1. The zero-order chi connectivity index (χ0) is 20.1. The van der Waals surface area contributed by atoms with Crippen molar-refractivity contribution >= 4 is 17.5 Å². The first-order valence-corrected chi connectivity index (χ1v) is 10.1. The highest BCUT2D eigenvalue weighted by molar-refractivity contribution is 7.99. The number of aromatic nitrogens is 3. The number of benzene rings is 3. The molecule has 29 heavy (non-hydrogen) atoms. The fraction of sp³-hybridized carbons (Fsp3) is 0.0870. The summed E-state index contributed by atoms with van der Waals surface area (Å²) in [4.78, 5) is 12.7. The summed E-state index contributed by atoms with van der Waals surface area (Å²) < 4.78 is 7.20. The smallest absolute Gasteiger partial charge is 0.196 e. The van der Waals surface area contributed by atoms with Gasteiger partial charge in [0, 0.05) is 16.8 Å². The van der Waals surface area contributed by atoms with Gasteiger partial charge < -0.3 is 4.74 Å². The number of hydrogen-bond acceptors (Lipinski definition) is 5. The highest BCUT2D eigenvalue weighted by Gasteiger charge is 2.17. The van der Waals surface area contributed by atoms with Gasteiger partial charge in [0.2, 0.25) is 0 Å². The summed E-state index contributed by atoms with van der Waals surface area (Å²) in [6.07, 6.45) is 0. The summed E-state index contributed by atoms with van der Waals surface area (Å²) in [5, 5.41) is 9.44. The maximum Gasteiger partial charge on any atom is 0.196 e. The van der Waals surface area contributed by atoms with Gasteiger partial charge in [0.25, 0.3) is 0 Å². The Morgan fingerprint density at radius 3 is 2.38 bits per heavy atom. The number of rotatable bonds is 7. The van der Waals surface area contributed by atoms with E-state index < -0.39 is 0 Å². The molecule has 0 atom stereocenters. The SMILES string of the molecule is COc1cccc(C(=O)CSc2nnc(-c3ccccc3)n2-c2ccccc2)c1. The molecule has 0 bridgehead atoms. The lowest BCUT2D eigenvalue weighted by Crippen LogP contribution is -2.05. The van der Waals surface area contributed by atoms with Crippen molar-refractivity contribution < 1.29 is 9.53 Å². The van der Waals surface area contributed by atoms with E-state index in [1.54, 1.807) is 19.2 Å². The second-order valence-electron chi connectivity index (χ2n) is 6.29. The van der Waals surface area contributed by atoms with Crippen molar-refractivity contribution in [2.24, 2.45) is 0 Å². The fourth-order valence-corrected chi connectivity index (χ4v) is 3.80. The predicted molar refractivity (Wildman–Crippen MR) is 115 cm³/mol. The van der Waals surface area contributed by atoms with E-state index in [9.17, 15) is 4.79 Å². The largest absolute Gasteiger partial charge is 0.497 e. The zero-order valence-electron chi connectivity index (χ0n) is 15.9. The first kappa shape index (κ1) is 19.0. The van der Waals surface area contributed by atoms with Crippen LogP contribution in [0.15, 0.2) is 90.1 Å². The Morgan fingerprint density at radius 1 is 0.931 bits per heavy atom. The summed E-state index contributed by atoms with van der Waals surface area (Å²) in [6.45, 7) is 0. The van der Waals surface area contributed by atoms with Gasteiger partial charge in [-0.3, -0.25) is 9.36 Å². The van der Waals surface area contributed by atoms with Crippen molar-refractivity contribution in [2.75, 3.05) is 12.9 Å². The van der Waals surface area contributed by atoms with Crippen LogP contribution in [0.2, 0.25) is 0 Å². The van der Waals surface area contributed by atoms with E-state index in [2.05, 4.69) is 10.2 Å². The third-order valence-corrected chi connectivity index (χ3v) is 5.33. The Bertz CT molecular complexity index is 1110. The van der Waals surface area contributed by atoms with Gasteiger partial charge in [0.15, 0.2) is 16.8 Å². The third-order valence-electron chi connectivity index (χ3n) is 4.40. The van der Waals surface area contributed by atoms with Crippen LogP contribution in [0.4, 0.5) is 0 Å². The Hall–Kier alpha value is -3.38. The molecule has 5 nitrogen and oxygen atoms in total. The number of Topliss-reactive ketones (excluding diaryl/α,β-unsaturated/α-hetero) is 1. The highest BCUT2D eigenvalue weighted by Crippen LogP contribution is 2.28. The van der Waals surface area contributed by atoms with E-state index in [1.165, 1.54) is 11.8 Å². The molecule has 4 rings (SSSR count). The zero-order valence-corrected chi connectivity index (χ0v) is 16.7. The molecule has 0 saturated heterocycles. The second-order valence-corrected chi connectivity index (χ2v) is 7.23. The number of methoxy groups -OCH3 is 1. The molecule has 144 valence electrons. The van der Waals surface area contributed by atoms with Crippen LogP contribution in [0.25, 0.3) is 17.1 Å². The van der Waals surface area contributed by atoms with E-state index in [4.69, 9.17) is 4.74 Å². The molecule has 6 heteroatoms. The number of ketones is 1. The molecule has 4 aromatic rings. The molecular weight excluding hydrogens is 382 g/mol. The lowest BCUT2D eigenvalue weighted by atomic mass is 10.1. The topological polar surface area (TPSA) is 57.0 Å². The minimum Gasteiger partial charge on any atom is -0.497 e. The Morgan fingerprint density at radius 2 is 1.66 bits per heavy atom. The van der Waals surface area contributed by atoms with Crippen LogP contribution in [0.1, 0.15) is 10.4 Å². The molecule has 0 aliphatic rings. The summed E-state index contributed by atoms with van der Waals surface area (Å²) in [5.74, 6) is 1.68. The third kappa shape index (κ3) is 4.22. The molecule has 0 aliphatic heterocycles. The fourth-order valence-electron chi connectivity index (χ4n) is 2.96. The molecular formula is C23H19N3O2S. The minimum atomic E-state index is 0.0118. The van der Waals surface area contributed by atoms with Crippen molar-refractivity contribution in [1.29, 1.82) is 0 Å². The first-order valence-electron chi connectivity index (χ1n) is 9.12. The molecule has 0 fully saturated rings. The number of hydrogen-bond donors (Lipinski definition) is 0. The summed E-state index contributed by atoms with van der Waals surface area (Å²) in [7, 11) is 1.59. The molecule has 1 heterocycles. The predicted octanol–water partition coefficient (Wildman–Crippen LogP) is 4.92. The van der Waals surface area contributed by atoms with Crippen LogP contribution in [-0.2, 0) is 0 Å². The molecule has 0 spiro atoms. The standard InChI is InChI=1S/C23H19N3O2S/c1-28-20-14-8-11-18(15-20)21(27)16-29-23-25-24-22(17-9-4-2-5-10-17)26(23)19-12-6-3-7-13-19/h2-15H,16H2,1H3. The van der Waals surface area contributed by atoms with Crippen LogP contribution in [0.3, 0.4) is 0 Å². The van der Waals surface area contributed by atoms with Gasteiger partial charge in [-0.1, -0.05) is 72.4 Å². The first-order chi connectivity index (χ1) is 14.3. The molecule has 0 N–H and O–H groups in total. The van der Waals surface area contributed by atoms with E-state index >= 15 is 0 Å². The van der Waals surface area contributed by atoms with Gasteiger partial charge in [-0.25, -0.2) is 0 Å². The average Bonchev–Trinajstić information content (AvgIpc) is 3.22.